The molecule has 0 radical (unpaired) electrons. The predicted octanol–water partition coefficient (Wildman–Crippen LogP) is 6.79. The molecule has 2 aliphatic carbocycles. The predicted molar refractivity (Wildman–Crippen MR) is 222 cm³/mol. The molecule has 0 saturated heterocycles. The number of rotatable bonds is 11. The van der Waals surface area contributed by atoms with Gasteiger partial charge in [-0.05, 0) is 143 Å². The summed E-state index contributed by atoms with van der Waals surface area (Å²) >= 11 is 0. The molecule has 55 heavy (non-hydrogen) atoms. The molecule has 3 heteroatoms. The van der Waals surface area contributed by atoms with Crippen molar-refractivity contribution in [3.8, 4) is 69.6 Å². The van der Waals surface area contributed by atoms with Crippen LogP contribution < -0.4 is 24.8 Å². The fourth-order valence-corrected chi connectivity index (χ4v) is 7.60. The van der Waals surface area contributed by atoms with Gasteiger partial charge < -0.3 is 24.8 Å². The average Bonchev–Trinajstić information content (AvgIpc) is 3.73. The van der Waals surface area contributed by atoms with Gasteiger partial charge in [-0.3, -0.25) is 0 Å². The second-order valence-corrected chi connectivity index (χ2v) is 14.5. The summed E-state index contributed by atoms with van der Waals surface area (Å²) in [5, 5.41) is 0. The molecule has 0 saturated carbocycles. The van der Waals surface area contributed by atoms with Crippen molar-refractivity contribution in [2.45, 2.75) is 130 Å². The van der Waals surface area contributed by atoms with Crippen LogP contribution in [0.3, 0.4) is 0 Å². The fourth-order valence-electron chi connectivity index (χ4n) is 7.60. The topological polar surface area (TPSA) is 0 Å². The van der Waals surface area contributed by atoms with E-state index in [-0.39, 0.29) is 51.0 Å². The Morgan fingerprint density at radius 1 is 0.436 bits per heavy atom. The third-order valence-corrected chi connectivity index (χ3v) is 10.5. The first-order valence-corrected chi connectivity index (χ1v) is 20.2. The first-order chi connectivity index (χ1) is 25.6. The monoisotopic (exact) mass is 838 g/mol. The second kappa shape index (κ2) is 23.6. The number of hydrogen-bond acceptors (Lipinski definition) is 0. The summed E-state index contributed by atoms with van der Waals surface area (Å²) in [5.74, 6) is 28.0. The van der Waals surface area contributed by atoms with Crippen LogP contribution in [0.2, 0.25) is 0 Å². The van der Waals surface area contributed by atoms with Gasteiger partial charge in [-0.1, -0.05) is 125 Å². The molecule has 0 bridgehead atoms. The van der Waals surface area contributed by atoms with E-state index >= 15 is 0 Å². The number of benzene rings is 4. The molecule has 280 valence electrons. The molecule has 0 nitrogen and oxygen atoms in total. The maximum atomic E-state index is 3.64. The summed E-state index contributed by atoms with van der Waals surface area (Å²) < 4.78 is 0. The number of halogens is 2. The molecule has 4 aromatic rings. The second-order valence-electron chi connectivity index (χ2n) is 14.5. The molecule has 0 aliphatic heterocycles. The zero-order valence-electron chi connectivity index (χ0n) is 33.3. The van der Waals surface area contributed by atoms with E-state index in [1.54, 1.807) is 0 Å². The molecule has 0 N–H and O–H groups in total. The Hall–Kier alpha value is -3.42. The zero-order chi connectivity index (χ0) is 36.1. The van der Waals surface area contributed by atoms with Gasteiger partial charge in [0, 0.05) is 47.9 Å². The van der Waals surface area contributed by atoms with Crippen molar-refractivity contribution < 1.29 is 51.0 Å². The summed E-state index contributed by atoms with van der Waals surface area (Å²) in [6.45, 7) is 8.93. The molecule has 0 atom stereocenters. The third kappa shape index (κ3) is 11.6. The minimum atomic E-state index is 0. The molecule has 2 aliphatic rings. The van der Waals surface area contributed by atoms with Crippen molar-refractivity contribution >= 4 is 0 Å². The standard InChI is InChI=1S/C52H54.2ClH.Zr/c1-5-9-13-17-21-39-25-29-47-43(35-39)37-51-45(41(27-31-49(47)51)23-19-15-11-7-3)33-34-46-42(24-20-16-12-8-4)28-32-50-48-30-26-40(22-18-14-10-6-2)36-44(48)38-52(46)50;;;/h25-32,35-36H,5-16,33-34,37-38H2,1-4H3;2*1H;/q;;;+2/p-2. The summed E-state index contributed by atoms with van der Waals surface area (Å²) in [7, 11) is 0. The van der Waals surface area contributed by atoms with Gasteiger partial charge in [-0.2, -0.15) is 0 Å². The number of fused-ring (bicyclic) bond motifs is 6. The first-order valence-electron chi connectivity index (χ1n) is 20.2. The normalized spacial score (nSPS) is 10.8. The van der Waals surface area contributed by atoms with Crippen molar-refractivity contribution in [2.75, 3.05) is 0 Å². The summed E-state index contributed by atoms with van der Waals surface area (Å²) in [4.78, 5) is 0. The minimum Gasteiger partial charge on any atom is -1.00 e. The Bertz CT molecular complexity index is 2020. The Morgan fingerprint density at radius 3 is 1.15 bits per heavy atom. The van der Waals surface area contributed by atoms with E-state index in [1.807, 2.05) is 0 Å². The van der Waals surface area contributed by atoms with E-state index in [4.69, 9.17) is 0 Å². The van der Waals surface area contributed by atoms with Gasteiger partial charge in [-0.25, -0.2) is 0 Å². The van der Waals surface area contributed by atoms with E-state index < -0.39 is 0 Å². The van der Waals surface area contributed by atoms with Crippen LogP contribution in [0.5, 0.6) is 0 Å². The smallest absolute Gasteiger partial charge is 1.00 e. The van der Waals surface area contributed by atoms with Crippen LogP contribution >= 0.6 is 0 Å². The van der Waals surface area contributed by atoms with Gasteiger partial charge in [0.1, 0.15) is 0 Å². The maximum Gasteiger partial charge on any atom is 2.00 e. The van der Waals surface area contributed by atoms with Gasteiger partial charge >= 0.3 is 26.2 Å². The number of unbranched alkanes of at least 4 members (excludes halogenated alkanes) is 8. The molecule has 0 spiro atoms. The maximum absolute atomic E-state index is 3.64. The molecule has 0 amide bonds. The van der Waals surface area contributed by atoms with Crippen LogP contribution in [0.15, 0.2) is 60.7 Å². The van der Waals surface area contributed by atoms with Gasteiger partial charge in [0.2, 0.25) is 0 Å². The van der Waals surface area contributed by atoms with Crippen molar-refractivity contribution in [1.82, 2.24) is 0 Å². The van der Waals surface area contributed by atoms with Crippen molar-refractivity contribution in [3.05, 3.63) is 116 Å². The van der Waals surface area contributed by atoms with Crippen LogP contribution in [0.4, 0.5) is 0 Å². The van der Waals surface area contributed by atoms with Gasteiger partial charge in [0.05, 0.1) is 0 Å². The van der Waals surface area contributed by atoms with Crippen molar-refractivity contribution in [1.29, 1.82) is 0 Å². The Balaban J connectivity index is 0.00000271. The van der Waals surface area contributed by atoms with Crippen LogP contribution in [-0.2, 0) is 51.9 Å². The van der Waals surface area contributed by atoms with E-state index in [1.165, 1.54) is 92.4 Å². The van der Waals surface area contributed by atoms with Gasteiger partial charge in [0.25, 0.3) is 0 Å². The summed E-state index contributed by atoms with van der Waals surface area (Å²) in [6, 6.07) is 22.9. The van der Waals surface area contributed by atoms with Gasteiger partial charge in [0.15, 0.2) is 0 Å². The quantitative estimate of drug-likeness (QED) is 0.0998. The molecule has 4 aromatic carbocycles. The van der Waals surface area contributed by atoms with Crippen LogP contribution in [0.1, 0.15) is 160 Å². The molecular formula is C52H54Cl2Zr. The zero-order valence-corrected chi connectivity index (χ0v) is 37.3. The Labute approximate surface area is 364 Å². The molecule has 0 aromatic heterocycles. The molecule has 0 heterocycles. The molecular weight excluding hydrogens is 787 g/mol. The molecule has 0 fully saturated rings. The van der Waals surface area contributed by atoms with Crippen LogP contribution in [-0.4, -0.2) is 0 Å². The van der Waals surface area contributed by atoms with E-state index in [9.17, 15) is 0 Å². The Morgan fingerprint density at radius 2 is 0.782 bits per heavy atom. The van der Waals surface area contributed by atoms with Crippen LogP contribution in [0, 0.1) is 47.4 Å². The molecule has 0 unspecified atom stereocenters. The van der Waals surface area contributed by atoms with E-state index in [2.05, 4.69) is 136 Å². The van der Waals surface area contributed by atoms with E-state index in [0.29, 0.717) is 0 Å². The first kappa shape index (κ1) is 46.0. The van der Waals surface area contributed by atoms with Crippen molar-refractivity contribution in [2.24, 2.45) is 0 Å². The van der Waals surface area contributed by atoms with Gasteiger partial charge in [-0.15, -0.1) is 0 Å². The number of hydrogen-bond donors (Lipinski definition) is 0. The average molecular weight is 841 g/mol. The third-order valence-electron chi connectivity index (χ3n) is 10.5. The van der Waals surface area contributed by atoms with E-state index in [0.717, 1.165) is 88.2 Å². The van der Waals surface area contributed by atoms with Crippen LogP contribution in [0.25, 0.3) is 22.3 Å². The minimum absolute atomic E-state index is 0. The molecule has 6 rings (SSSR count). The summed E-state index contributed by atoms with van der Waals surface area (Å²) in [6.07, 6.45) is 16.9. The SMILES string of the molecule is CCCCC#Cc1ccc2c(c1)Cc1c-2ccc(C#CCCCC)c1CCc1c(C#CCCCC)ccc2c1Cc1cc(C#CCCCC)ccc1-2.[Cl-].[Cl-].[Zr+2]. The Kier molecular flexibility index (Phi) is 19.7. The van der Waals surface area contributed by atoms with Crippen molar-refractivity contribution in [3.63, 3.8) is 0 Å². The summed E-state index contributed by atoms with van der Waals surface area (Å²) in [5.41, 5.74) is 18.6. The fraction of sp³-hybridized carbons (Fsp3) is 0.385. The largest absolute Gasteiger partial charge is 2.00 e.